The Morgan fingerprint density at radius 1 is 1.19 bits per heavy atom. The summed E-state index contributed by atoms with van der Waals surface area (Å²) in [6, 6.07) is 5.30. The molecule has 118 valence electrons. The monoisotopic (exact) mass is 301 g/mol. The van der Waals surface area contributed by atoms with Crippen LogP contribution in [-0.2, 0) is 11.6 Å². The van der Waals surface area contributed by atoms with Crippen molar-refractivity contribution < 1.29 is 18.3 Å². The van der Waals surface area contributed by atoms with Gasteiger partial charge in [-0.15, -0.1) is 0 Å². The van der Waals surface area contributed by atoms with Crippen LogP contribution in [0.25, 0.3) is 0 Å². The minimum Gasteiger partial charge on any atom is -0.392 e. The highest BCUT2D eigenvalue weighted by molar-refractivity contribution is 5.33. The van der Waals surface area contributed by atoms with Crippen molar-refractivity contribution in [1.29, 1.82) is 0 Å². The van der Waals surface area contributed by atoms with E-state index in [0.29, 0.717) is 13.0 Å². The van der Waals surface area contributed by atoms with Gasteiger partial charge in [0.1, 0.15) is 0 Å². The molecule has 2 rings (SSSR count). The first-order valence-electron chi connectivity index (χ1n) is 7.26. The van der Waals surface area contributed by atoms with Crippen molar-refractivity contribution in [3.05, 3.63) is 35.4 Å². The van der Waals surface area contributed by atoms with Crippen LogP contribution >= 0.6 is 0 Å². The fraction of sp³-hybridized carbons (Fsp3) is 0.625. The Morgan fingerprint density at radius 2 is 1.81 bits per heavy atom. The number of halogens is 3. The summed E-state index contributed by atoms with van der Waals surface area (Å²) in [6.45, 7) is 0.638. The third-order valence-electron chi connectivity index (χ3n) is 4.37. The number of hydrogen-bond donors (Lipinski definition) is 1. The van der Waals surface area contributed by atoms with Gasteiger partial charge in [-0.25, -0.2) is 0 Å². The van der Waals surface area contributed by atoms with Crippen molar-refractivity contribution >= 4 is 0 Å². The van der Waals surface area contributed by atoms with E-state index in [0.717, 1.165) is 37.0 Å². The van der Waals surface area contributed by atoms with Gasteiger partial charge in [0.05, 0.1) is 11.7 Å². The first kappa shape index (κ1) is 16.3. The molecule has 0 amide bonds. The number of benzene rings is 1. The molecule has 0 heterocycles. The SMILES string of the molecule is CN(C)C[C@]1(c2ccc(C(F)(F)F)cc2)CCCC[C@H]1O. The molecule has 1 aromatic rings. The molecular weight excluding hydrogens is 279 g/mol. The average Bonchev–Trinajstić information content (AvgIpc) is 2.40. The van der Waals surface area contributed by atoms with Crippen LogP contribution in [0.4, 0.5) is 13.2 Å². The Labute approximate surface area is 123 Å². The summed E-state index contributed by atoms with van der Waals surface area (Å²) in [5.41, 5.74) is -0.306. The lowest BCUT2D eigenvalue weighted by Gasteiger charge is -2.44. The molecule has 0 saturated heterocycles. The minimum absolute atomic E-state index is 0.466. The maximum absolute atomic E-state index is 12.7. The molecule has 0 aliphatic heterocycles. The highest BCUT2D eigenvalue weighted by atomic mass is 19.4. The molecule has 1 aliphatic rings. The van der Waals surface area contributed by atoms with Crippen molar-refractivity contribution in [2.75, 3.05) is 20.6 Å². The lowest BCUT2D eigenvalue weighted by molar-refractivity contribution is -0.137. The van der Waals surface area contributed by atoms with Gasteiger partial charge in [-0.2, -0.15) is 13.2 Å². The molecule has 0 bridgehead atoms. The summed E-state index contributed by atoms with van der Waals surface area (Å²) in [5, 5.41) is 10.5. The van der Waals surface area contributed by atoms with Gasteiger partial charge in [0, 0.05) is 12.0 Å². The summed E-state index contributed by atoms with van der Waals surface area (Å²) in [7, 11) is 3.85. The topological polar surface area (TPSA) is 23.5 Å². The van der Waals surface area contributed by atoms with Gasteiger partial charge >= 0.3 is 6.18 Å². The number of nitrogens with zero attached hydrogens (tertiary/aromatic N) is 1. The minimum atomic E-state index is -4.32. The van der Waals surface area contributed by atoms with Gasteiger partial charge in [-0.3, -0.25) is 0 Å². The third-order valence-corrected chi connectivity index (χ3v) is 4.37. The highest BCUT2D eigenvalue weighted by Crippen LogP contribution is 2.41. The number of rotatable bonds is 3. The zero-order valence-corrected chi connectivity index (χ0v) is 12.5. The summed E-state index contributed by atoms with van der Waals surface area (Å²) in [6.07, 6.45) is -1.36. The number of aliphatic hydroxyl groups is 1. The van der Waals surface area contributed by atoms with E-state index in [1.165, 1.54) is 12.1 Å². The molecule has 1 N–H and O–H groups in total. The quantitative estimate of drug-likeness (QED) is 0.924. The predicted octanol–water partition coefficient (Wildman–Crippen LogP) is 3.44. The predicted molar refractivity (Wildman–Crippen MR) is 76.2 cm³/mol. The Bertz CT molecular complexity index is 469. The Morgan fingerprint density at radius 3 is 2.29 bits per heavy atom. The van der Waals surface area contributed by atoms with Gasteiger partial charge in [-0.1, -0.05) is 25.0 Å². The Balaban J connectivity index is 2.37. The van der Waals surface area contributed by atoms with Crippen molar-refractivity contribution in [2.24, 2.45) is 0 Å². The van der Waals surface area contributed by atoms with Crippen LogP contribution in [0.5, 0.6) is 0 Å². The van der Waals surface area contributed by atoms with E-state index in [4.69, 9.17) is 0 Å². The molecule has 21 heavy (non-hydrogen) atoms. The second kappa shape index (κ2) is 5.97. The molecule has 0 unspecified atom stereocenters. The summed E-state index contributed by atoms with van der Waals surface area (Å²) in [4.78, 5) is 1.99. The van der Waals surface area contributed by atoms with Crippen molar-refractivity contribution in [3.8, 4) is 0 Å². The fourth-order valence-corrected chi connectivity index (χ4v) is 3.39. The molecule has 1 fully saturated rings. The van der Waals surface area contributed by atoms with Crippen LogP contribution in [0, 0.1) is 0 Å². The van der Waals surface area contributed by atoms with Gasteiger partial charge in [0.15, 0.2) is 0 Å². The van der Waals surface area contributed by atoms with Gasteiger partial charge in [0.2, 0.25) is 0 Å². The first-order valence-corrected chi connectivity index (χ1v) is 7.26. The van der Waals surface area contributed by atoms with Gasteiger partial charge < -0.3 is 10.0 Å². The number of likely N-dealkylation sites (N-methyl/N-ethyl adjacent to an activating group) is 1. The van der Waals surface area contributed by atoms with E-state index in [9.17, 15) is 18.3 Å². The molecule has 1 aromatic carbocycles. The number of aliphatic hydroxyl groups excluding tert-OH is 1. The average molecular weight is 301 g/mol. The lowest BCUT2D eigenvalue weighted by Crippen LogP contribution is -2.49. The molecule has 0 radical (unpaired) electrons. The lowest BCUT2D eigenvalue weighted by atomic mass is 9.67. The Hall–Kier alpha value is -1.07. The van der Waals surface area contributed by atoms with Crippen LogP contribution < -0.4 is 0 Å². The fourth-order valence-electron chi connectivity index (χ4n) is 3.39. The van der Waals surface area contributed by atoms with Crippen molar-refractivity contribution in [3.63, 3.8) is 0 Å². The molecule has 1 aliphatic carbocycles. The van der Waals surface area contributed by atoms with Crippen LogP contribution in [0.15, 0.2) is 24.3 Å². The highest BCUT2D eigenvalue weighted by Gasteiger charge is 2.42. The molecule has 1 saturated carbocycles. The van der Waals surface area contributed by atoms with E-state index in [-0.39, 0.29) is 0 Å². The van der Waals surface area contributed by atoms with E-state index >= 15 is 0 Å². The van der Waals surface area contributed by atoms with Crippen LogP contribution in [0.1, 0.15) is 36.8 Å². The molecule has 5 heteroatoms. The summed E-state index contributed by atoms with van der Waals surface area (Å²) in [5.74, 6) is 0. The molecule has 0 aromatic heterocycles. The van der Waals surface area contributed by atoms with E-state index in [1.807, 2.05) is 19.0 Å². The van der Waals surface area contributed by atoms with Crippen molar-refractivity contribution in [2.45, 2.75) is 43.4 Å². The zero-order chi connectivity index (χ0) is 15.7. The molecule has 0 spiro atoms. The normalized spacial score (nSPS) is 27.1. The van der Waals surface area contributed by atoms with Gasteiger partial charge in [0.25, 0.3) is 0 Å². The van der Waals surface area contributed by atoms with Crippen LogP contribution in [0.2, 0.25) is 0 Å². The van der Waals surface area contributed by atoms with Crippen LogP contribution in [0.3, 0.4) is 0 Å². The third kappa shape index (κ3) is 3.40. The first-order chi connectivity index (χ1) is 9.75. The van der Waals surface area contributed by atoms with E-state index in [1.54, 1.807) is 0 Å². The molecule has 2 atom stereocenters. The largest absolute Gasteiger partial charge is 0.416 e. The smallest absolute Gasteiger partial charge is 0.392 e. The second-order valence-corrected chi connectivity index (χ2v) is 6.23. The molecular formula is C16H22F3NO. The summed E-state index contributed by atoms with van der Waals surface area (Å²) >= 11 is 0. The molecule has 2 nitrogen and oxygen atoms in total. The second-order valence-electron chi connectivity index (χ2n) is 6.23. The number of hydrogen-bond acceptors (Lipinski definition) is 2. The van der Waals surface area contributed by atoms with Crippen molar-refractivity contribution in [1.82, 2.24) is 4.90 Å². The summed E-state index contributed by atoms with van der Waals surface area (Å²) < 4.78 is 38.1. The van der Waals surface area contributed by atoms with E-state index < -0.39 is 23.3 Å². The zero-order valence-electron chi connectivity index (χ0n) is 12.5. The number of alkyl halides is 3. The maximum Gasteiger partial charge on any atom is 0.416 e. The Kier molecular flexibility index (Phi) is 4.63. The van der Waals surface area contributed by atoms with Gasteiger partial charge in [-0.05, 0) is 44.6 Å². The standard InChI is InChI=1S/C16H22F3NO/c1-20(2)11-15(10-4-3-5-14(15)21)12-6-8-13(9-7-12)16(17,18)19/h6-9,14,21H,3-5,10-11H2,1-2H3/t14-,15+/m1/s1. The van der Waals surface area contributed by atoms with Crippen LogP contribution in [-0.4, -0.2) is 36.8 Å². The maximum atomic E-state index is 12.7. The van der Waals surface area contributed by atoms with E-state index in [2.05, 4.69) is 0 Å².